The summed E-state index contributed by atoms with van der Waals surface area (Å²) in [5, 5.41) is 12.4. The van der Waals surface area contributed by atoms with Gasteiger partial charge >= 0.3 is 0 Å². The van der Waals surface area contributed by atoms with E-state index in [1.54, 1.807) is 12.1 Å². The highest BCUT2D eigenvalue weighted by Gasteiger charge is 2.27. The van der Waals surface area contributed by atoms with Gasteiger partial charge < -0.3 is 9.88 Å². The monoisotopic (exact) mass is 391 g/mol. The summed E-state index contributed by atoms with van der Waals surface area (Å²) in [4.78, 5) is 29.2. The van der Waals surface area contributed by atoms with E-state index in [4.69, 9.17) is 0 Å². The molecule has 0 bridgehead atoms. The van der Waals surface area contributed by atoms with Gasteiger partial charge in [0.25, 0.3) is 5.69 Å². The molecule has 6 heteroatoms. The number of aryl methyl sites for hydroxylation is 1. The average Bonchev–Trinajstić information content (AvgIpc) is 3.42. The number of likely N-dealkylation sites (tertiary alicyclic amines) is 1. The third-order valence-corrected chi connectivity index (χ3v) is 5.91. The van der Waals surface area contributed by atoms with Crippen molar-refractivity contribution in [2.75, 3.05) is 13.1 Å². The van der Waals surface area contributed by atoms with E-state index in [0.717, 1.165) is 54.4 Å². The summed E-state index contributed by atoms with van der Waals surface area (Å²) in [6, 6.07) is 12.9. The zero-order valence-corrected chi connectivity index (χ0v) is 16.6. The van der Waals surface area contributed by atoms with Crippen molar-refractivity contribution < 1.29 is 9.72 Å². The number of nitro groups is 1. The Hall–Kier alpha value is -3.15. The van der Waals surface area contributed by atoms with Gasteiger partial charge in [0.2, 0.25) is 5.91 Å². The molecule has 2 aromatic carbocycles. The van der Waals surface area contributed by atoms with Crippen LogP contribution in [0, 0.1) is 10.1 Å². The van der Waals surface area contributed by atoms with E-state index in [1.165, 1.54) is 11.6 Å². The topological polar surface area (TPSA) is 79.2 Å². The molecule has 1 saturated heterocycles. The molecule has 0 saturated carbocycles. The number of nitrogens with zero attached hydrogens (tertiary/aromatic N) is 2. The van der Waals surface area contributed by atoms with Crippen LogP contribution in [0.15, 0.2) is 48.7 Å². The summed E-state index contributed by atoms with van der Waals surface area (Å²) in [5.74, 6) is -0.121. The molecule has 0 radical (unpaired) electrons. The number of H-pyrrole nitrogens is 1. The molecule has 1 amide bonds. The lowest BCUT2D eigenvalue weighted by molar-refractivity contribution is -0.384. The van der Waals surface area contributed by atoms with Crippen LogP contribution in [-0.2, 0) is 11.2 Å². The van der Waals surface area contributed by atoms with E-state index >= 15 is 0 Å². The highest BCUT2D eigenvalue weighted by atomic mass is 16.6. The fraction of sp³-hybridized carbons (Fsp3) is 0.348. The molecular weight excluding hydrogens is 366 g/mol. The number of aromatic amines is 1. The van der Waals surface area contributed by atoms with Gasteiger partial charge in [-0.25, -0.2) is 0 Å². The molecule has 1 aliphatic rings. The summed E-state index contributed by atoms with van der Waals surface area (Å²) in [6.07, 6.45) is 5.26. The third kappa shape index (κ3) is 3.75. The van der Waals surface area contributed by atoms with Crippen LogP contribution in [0.4, 0.5) is 5.69 Å². The molecule has 1 fully saturated rings. The Morgan fingerprint density at radius 2 is 1.97 bits per heavy atom. The molecule has 1 N–H and O–H groups in total. The average molecular weight is 391 g/mol. The first-order valence-corrected chi connectivity index (χ1v) is 10.2. The highest BCUT2D eigenvalue weighted by molar-refractivity contribution is 5.88. The van der Waals surface area contributed by atoms with Gasteiger partial charge in [0.1, 0.15) is 0 Å². The maximum absolute atomic E-state index is 13.0. The molecule has 1 atom stereocenters. The normalized spacial score (nSPS) is 15.0. The summed E-state index contributed by atoms with van der Waals surface area (Å²) in [6.45, 7) is 3.72. The molecule has 2 heterocycles. The van der Waals surface area contributed by atoms with Gasteiger partial charge in [0.05, 0.1) is 4.92 Å². The van der Waals surface area contributed by atoms with Crippen LogP contribution < -0.4 is 0 Å². The number of para-hydroxylation sites is 1. The Morgan fingerprint density at radius 1 is 1.21 bits per heavy atom. The highest BCUT2D eigenvalue weighted by Crippen LogP contribution is 2.36. The second kappa shape index (κ2) is 8.07. The number of nitro benzene ring substituents is 1. The van der Waals surface area contributed by atoms with Crippen LogP contribution in [0.3, 0.4) is 0 Å². The van der Waals surface area contributed by atoms with Gasteiger partial charge in [-0.2, -0.15) is 0 Å². The molecule has 1 aliphatic heterocycles. The van der Waals surface area contributed by atoms with Crippen molar-refractivity contribution in [3.05, 3.63) is 75.5 Å². The van der Waals surface area contributed by atoms with Crippen molar-refractivity contribution in [2.45, 2.75) is 38.5 Å². The number of hydrogen-bond donors (Lipinski definition) is 1. The minimum absolute atomic E-state index is 0.0511. The fourth-order valence-corrected chi connectivity index (χ4v) is 4.35. The zero-order valence-electron chi connectivity index (χ0n) is 16.6. The molecule has 0 unspecified atom stereocenters. The second-order valence-electron chi connectivity index (χ2n) is 7.63. The number of amides is 1. The summed E-state index contributed by atoms with van der Waals surface area (Å²) in [5.41, 5.74) is 4.17. The maximum atomic E-state index is 13.0. The van der Waals surface area contributed by atoms with Gasteiger partial charge in [0.15, 0.2) is 0 Å². The van der Waals surface area contributed by atoms with Gasteiger partial charge in [-0.3, -0.25) is 14.9 Å². The van der Waals surface area contributed by atoms with Crippen molar-refractivity contribution in [1.82, 2.24) is 9.88 Å². The third-order valence-electron chi connectivity index (χ3n) is 5.91. The fourth-order valence-electron chi connectivity index (χ4n) is 4.35. The summed E-state index contributed by atoms with van der Waals surface area (Å²) in [7, 11) is 0. The van der Waals surface area contributed by atoms with Gasteiger partial charge in [-0.1, -0.05) is 37.3 Å². The maximum Gasteiger partial charge on any atom is 0.269 e. The number of non-ortho nitro benzene ring substituents is 1. The number of rotatable bonds is 6. The smallest absolute Gasteiger partial charge is 0.269 e. The molecule has 4 rings (SSSR count). The quantitative estimate of drug-likeness (QED) is 0.485. The van der Waals surface area contributed by atoms with Crippen LogP contribution in [0.1, 0.15) is 48.8 Å². The van der Waals surface area contributed by atoms with Gasteiger partial charge in [0, 0.05) is 54.7 Å². The SMILES string of the molecule is CCc1cccc2c([C@H](CC(=O)N3CCCC3)c3cccc([N+](=O)[O-])c3)c[nH]c12. The summed E-state index contributed by atoms with van der Waals surface area (Å²) < 4.78 is 0. The van der Waals surface area contributed by atoms with Crippen LogP contribution in [0.5, 0.6) is 0 Å². The number of carbonyl (C=O) groups is 1. The number of carbonyl (C=O) groups excluding carboxylic acids is 1. The van der Waals surface area contributed by atoms with E-state index < -0.39 is 0 Å². The number of fused-ring (bicyclic) bond motifs is 1. The van der Waals surface area contributed by atoms with Crippen molar-refractivity contribution in [2.24, 2.45) is 0 Å². The Balaban J connectivity index is 1.79. The first-order valence-electron chi connectivity index (χ1n) is 10.2. The minimum Gasteiger partial charge on any atom is -0.361 e. The predicted octanol–water partition coefficient (Wildman–Crippen LogP) is 4.78. The first-order chi connectivity index (χ1) is 14.1. The van der Waals surface area contributed by atoms with Gasteiger partial charge in [-0.05, 0) is 36.0 Å². The molecule has 0 aliphatic carbocycles. The Bertz CT molecular complexity index is 1050. The van der Waals surface area contributed by atoms with E-state index in [2.05, 4.69) is 24.0 Å². The van der Waals surface area contributed by atoms with Crippen molar-refractivity contribution >= 4 is 22.5 Å². The van der Waals surface area contributed by atoms with Crippen LogP contribution >= 0.6 is 0 Å². The number of benzene rings is 2. The Kier molecular flexibility index (Phi) is 5.34. The minimum atomic E-state index is -0.382. The van der Waals surface area contributed by atoms with Gasteiger partial charge in [-0.15, -0.1) is 0 Å². The van der Waals surface area contributed by atoms with Crippen LogP contribution in [0.2, 0.25) is 0 Å². The lowest BCUT2D eigenvalue weighted by Gasteiger charge is -2.21. The zero-order chi connectivity index (χ0) is 20.4. The molecule has 29 heavy (non-hydrogen) atoms. The van der Waals surface area contributed by atoms with Crippen LogP contribution in [-0.4, -0.2) is 33.8 Å². The molecule has 1 aromatic heterocycles. The van der Waals surface area contributed by atoms with E-state index in [1.807, 2.05) is 23.2 Å². The lowest BCUT2D eigenvalue weighted by atomic mass is 9.87. The molecular formula is C23H25N3O3. The molecule has 3 aromatic rings. The first kappa shape index (κ1) is 19.2. The lowest BCUT2D eigenvalue weighted by Crippen LogP contribution is -2.29. The van der Waals surface area contributed by atoms with Crippen molar-refractivity contribution in [3.63, 3.8) is 0 Å². The molecule has 150 valence electrons. The largest absolute Gasteiger partial charge is 0.361 e. The Morgan fingerprint density at radius 3 is 2.69 bits per heavy atom. The Labute approximate surface area is 169 Å². The standard InChI is InChI=1S/C23H25N3O3/c1-2-16-7-6-10-19-21(15-24-23(16)19)20(14-22(27)25-11-3-4-12-25)17-8-5-9-18(13-17)26(28)29/h5-10,13,15,20,24H,2-4,11-12,14H2,1H3/t20-/m1/s1. The van der Waals surface area contributed by atoms with Crippen LogP contribution in [0.25, 0.3) is 10.9 Å². The number of aromatic nitrogens is 1. The van der Waals surface area contributed by atoms with Crippen molar-refractivity contribution in [1.29, 1.82) is 0 Å². The van der Waals surface area contributed by atoms with Crippen molar-refractivity contribution in [3.8, 4) is 0 Å². The molecule has 6 nitrogen and oxygen atoms in total. The number of hydrogen-bond acceptors (Lipinski definition) is 3. The predicted molar refractivity (Wildman–Crippen MR) is 113 cm³/mol. The number of nitrogens with one attached hydrogen (secondary N) is 1. The second-order valence-corrected chi connectivity index (χ2v) is 7.63. The van der Waals surface area contributed by atoms with E-state index in [0.29, 0.717) is 6.42 Å². The van der Waals surface area contributed by atoms with E-state index in [-0.39, 0.29) is 22.4 Å². The molecule has 0 spiro atoms. The van der Waals surface area contributed by atoms with E-state index in [9.17, 15) is 14.9 Å². The summed E-state index contributed by atoms with van der Waals surface area (Å²) >= 11 is 0.